The molecule has 100 valence electrons. The van der Waals surface area contributed by atoms with Gasteiger partial charge in [-0.25, -0.2) is 0 Å². The van der Waals surface area contributed by atoms with Gasteiger partial charge in [-0.15, -0.1) is 0 Å². The molecule has 0 bridgehead atoms. The van der Waals surface area contributed by atoms with Gasteiger partial charge in [0, 0.05) is 6.54 Å². The molecule has 0 aliphatic carbocycles. The molecule has 0 radical (unpaired) electrons. The molecule has 3 amide bonds. The summed E-state index contributed by atoms with van der Waals surface area (Å²) in [6.45, 7) is 4.85. The molecule has 0 aromatic carbocycles. The molecule has 0 saturated carbocycles. The van der Waals surface area contributed by atoms with Crippen molar-refractivity contribution in [3.63, 3.8) is 0 Å². The Morgan fingerprint density at radius 1 is 1.39 bits per heavy atom. The van der Waals surface area contributed by atoms with Crippen LogP contribution in [0.5, 0.6) is 0 Å². The largest absolute Gasteiger partial charge is 0.319 e. The number of piperidine rings is 1. The van der Waals surface area contributed by atoms with Crippen molar-refractivity contribution in [3.8, 4) is 0 Å². The highest BCUT2D eigenvalue weighted by molar-refractivity contribution is 6.06. The zero-order chi connectivity index (χ0) is 13.3. The van der Waals surface area contributed by atoms with Crippen LogP contribution in [-0.2, 0) is 14.4 Å². The van der Waals surface area contributed by atoms with E-state index in [0.717, 1.165) is 19.4 Å². The smallest absolute Gasteiger partial charge is 0.252 e. The van der Waals surface area contributed by atoms with Gasteiger partial charge in [-0.2, -0.15) is 0 Å². The number of imide groups is 1. The van der Waals surface area contributed by atoms with Gasteiger partial charge in [-0.1, -0.05) is 0 Å². The summed E-state index contributed by atoms with van der Waals surface area (Å²) in [5.41, 5.74) is -0.956. The summed E-state index contributed by atoms with van der Waals surface area (Å²) < 4.78 is 0. The monoisotopic (exact) mass is 253 g/mol. The molecule has 6 nitrogen and oxygen atoms in total. The summed E-state index contributed by atoms with van der Waals surface area (Å²) in [6.07, 6.45) is 1.76. The number of piperazine rings is 1. The van der Waals surface area contributed by atoms with E-state index in [1.54, 1.807) is 13.8 Å². The number of hydrogen-bond acceptors (Lipinski definition) is 4. The van der Waals surface area contributed by atoms with Gasteiger partial charge < -0.3 is 10.2 Å². The van der Waals surface area contributed by atoms with E-state index in [2.05, 4.69) is 10.6 Å². The first-order valence-electron chi connectivity index (χ1n) is 6.29. The summed E-state index contributed by atoms with van der Waals surface area (Å²) in [7, 11) is 0. The van der Waals surface area contributed by atoms with Crippen LogP contribution >= 0.6 is 0 Å². The number of carbonyl (C=O) groups excluding carboxylic acids is 3. The molecule has 6 heteroatoms. The highest BCUT2D eigenvalue weighted by Crippen LogP contribution is 2.23. The van der Waals surface area contributed by atoms with E-state index < -0.39 is 17.4 Å². The van der Waals surface area contributed by atoms with Crippen LogP contribution in [-0.4, -0.2) is 47.8 Å². The standard InChI is InChI=1S/C12H19N3O3/c1-12(2)11(18)14-9(16)7-15(12)10(17)8-4-3-5-13-6-8/h8,13H,3-7H2,1-2H3,(H,14,16,18)/t8-/m0/s1. The van der Waals surface area contributed by atoms with Gasteiger partial charge in [0.05, 0.1) is 5.92 Å². The average Bonchev–Trinajstić information content (AvgIpc) is 2.34. The van der Waals surface area contributed by atoms with Crippen LogP contribution in [0.25, 0.3) is 0 Å². The molecular formula is C12H19N3O3. The van der Waals surface area contributed by atoms with Crippen LogP contribution in [0, 0.1) is 5.92 Å². The molecule has 2 rings (SSSR count). The van der Waals surface area contributed by atoms with Crippen molar-refractivity contribution < 1.29 is 14.4 Å². The zero-order valence-corrected chi connectivity index (χ0v) is 10.8. The van der Waals surface area contributed by atoms with Gasteiger partial charge >= 0.3 is 0 Å². The number of rotatable bonds is 1. The van der Waals surface area contributed by atoms with Crippen LogP contribution in [0.15, 0.2) is 0 Å². The molecule has 18 heavy (non-hydrogen) atoms. The maximum absolute atomic E-state index is 12.4. The van der Waals surface area contributed by atoms with Gasteiger partial charge in [0.2, 0.25) is 11.8 Å². The topological polar surface area (TPSA) is 78.5 Å². The molecule has 2 N–H and O–H groups in total. The lowest BCUT2D eigenvalue weighted by Gasteiger charge is -2.42. The fourth-order valence-corrected chi connectivity index (χ4v) is 2.42. The van der Waals surface area contributed by atoms with Gasteiger partial charge in [0.25, 0.3) is 5.91 Å². The lowest BCUT2D eigenvalue weighted by atomic mass is 9.92. The molecule has 1 atom stereocenters. The van der Waals surface area contributed by atoms with E-state index in [9.17, 15) is 14.4 Å². The minimum absolute atomic E-state index is 0.0337. The van der Waals surface area contributed by atoms with Crippen molar-refractivity contribution in [1.82, 2.24) is 15.5 Å². The van der Waals surface area contributed by atoms with Crippen LogP contribution in [0.2, 0.25) is 0 Å². The fourth-order valence-electron chi connectivity index (χ4n) is 2.42. The third-order valence-corrected chi connectivity index (χ3v) is 3.70. The Morgan fingerprint density at radius 2 is 2.11 bits per heavy atom. The Morgan fingerprint density at radius 3 is 2.72 bits per heavy atom. The Kier molecular flexibility index (Phi) is 3.38. The quantitative estimate of drug-likeness (QED) is 0.603. The van der Waals surface area contributed by atoms with Crippen molar-refractivity contribution in [2.75, 3.05) is 19.6 Å². The van der Waals surface area contributed by atoms with Crippen molar-refractivity contribution in [2.45, 2.75) is 32.2 Å². The second kappa shape index (κ2) is 4.68. The molecular weight excluding hydrogens is 234 g/mol. The summed E-state index contributed by atoms with van der Waals surface area (Å²) >= 11 is 0. The zero-order valence-electron chi connectivity index (χ0n) is 10.8. The number of amides is 3. The van der Waals surface area contributed by atoms with Crippen molar-refractivity contribution in [3.05, 3.63) is 0 Å². The van der Waals surface area contributed by atoms with Crippen LogP contribution in [0.1, 0.15) is 26.7 Å². The van der Waals surface area contributed by atoms with E-state index in [1.165, 1.54) is 4.90 Å². The van der Waals surface area contributed by atoms with E-state index in [0.29, 0.717) is 6.54 Å². The summed E-state index contributed by atoms with van der Waals surface area (Å²) in [5.74, 6) is -1.04. The lowest BCUT2D eigenvalue weighted by molar-refractivity contribution is -0.158. The van der Waals surface area contributed by atoms with E-state index in [1.807, 2.05) is 0 Å². The van der Waals surface area contributed by atoms with E-state index in [-0.39, 0.29) is 18.4 Å². The summed E-state index contributed by atoms with van der Waals surface area (Å²) in [5, 5.41) is 5.44. The van der Waals surface area contributed by atoms with Gasteiger partial charge in [0.1, 0.15) is 12.1 Å². The van der Waals surface area contributed by atoms with Gasteiger partial charge in [-0.3, -0.25) is 19.7 Å². The third kappa shape index (κ3) is 2.25. The first-order valence-corrected chi connectivity index (χ1v) is 6.29. The molecule has 2 aliphatic heterocycles. The maximum atomic E-state index is 12.4. The van der Waals surface area contributed by atoms with Crippen molar-refractivity contribution in [2.24, 2.45) is 5.92 Å². The van der Waals surface area contributed by atoms with E-state index in [4.69, 9.17) is 0 Å². The lowest BCUT2D eigenvalue weighted by Crippen LogP contribution is -2.66. The Labute approximate surface area is 106 Å². The summed E-state index contributed by atoms with van der Waals surface area (Å²) in [6, 6.07) is 0. The summed E-state index contributed by atoms with van der Waals surface area (Å²) in [4.78, 5) is 37.0. The molecule has 2 saturated heterocycles. The second-order valence-corrected chi connectivity index (χ2v) is 5.40. The van der Waals surface area contributed by atoms with Crippen LogP contribution in [0.3, 0.4) is 0 Å². The normalized spacial score (nSPS) is 27.9. The third-order valence-electron chi connectivity index (χ3n) is 3.70. The van der Waals surface area contributed by atoms with E-state index >= 15 is 0 Å². The molecule has 2 aliphatic rings. The Hall–Kier alpha value is -1.43. The molecule has 0 unspecified atom stereocenters. The van der Waals surface area contributed by atoms with Crippen LogP contribution in [0.4, 0.5) is 0 Å². The molecule has 0 aromatic heterocycles. The number of nitrogens with zero attached hydrogens (tertiary/aromatic N) is 1. The first kappa shape index (κ1) is 13.0. The van der Waals surface area contributed by atoms with Gasteiger partial charge in [-0.05, 0) is 33.2 Å². The first-order chi connectivity index (χ1) is 8.43. The average molecular weight is 253 g/mol. The minimum atomic E-state index is -0.956. The van der Waals surface area contributed by atoms with Gasteiger partial charge in [0.15, 0.2) is 0 Å². The maximum Gasteiger partial charge on any atom is 0.252 e. The highest BCUT2D eigenvalue weighted by Gasteiger charge is 2.45. The molecule has 2 heterocycles. The van der Waals surface area contributed by atoms with Crippen molar-refractivity contribution >= 4 is 17.7 Å². The van der Waals surface area contributed by atoms with Crippen LogP contribution < -0.4 is 10.6 Å². The minimum Gasteiger partial charge on any atom is -0.319 e. The molecule has 0 spiro atoms. The number of carbonyl (C=O) groups is 3. The highest BCUT2D eigenvalue weighted by atomic mass is 16.2. The second-order valence-electron chi connectivity index (χ2n) is 5.40. The molecule has 2 fully saturated rings. The number of nitrogens with one attached hydrogen (secondary N) is 2. The SMILES string of the molecule is CC1(C)C(=O)NC(=O)CN1C(=O)[C@H]1CCCNC1. The fraction of sp³-hybridized carbons (Fsp3) is 0.750. The number of hydrogen-bond donors (Lipinski definition) is 2. The Bertz CT molecular complexity index is 386. The predicted octanol–water partition coefficient (Wildman–Crippen LogP) is -0.750. The van der Waals surface area contributed by atoms with Crippen molar-refractivity contribution in [1.29, 1.82) is 0 Å². The predicted molar refractivity (Wildman–Crippen MR) is 64.5 cm³/mol. The Balaban J connectivity index is 2.16. The molecule has 0 aromatic rings.